The number of pyridine rings is 1. The molecule has 4 rings (SSSR count). The number of carboxylic acids is 1. The second-order valence-corrected chi connectivity index (χ2v) is 7.54. The van der Waals surface area contributed by atoms with E-state index in [1.54, 1.807) is 26.0 Å². The molecule has 1 aliphatic heterocycles. The molecule has 8 nitrogen and oxygen atoms in total. The molecule has 0 amide bonds. The summed E-state index contributed by atoms with van der Waals surface area (Å²) in [6, 6.07) is 7.35. The van der Waals surface area contributed by atoms with Gasteiger partial charge in [-0.05, 0) is 43.7 Å². The van der Waals surface area contributed by atoms with E-state index in [1.165, 1.54) is 6.20 Å². The molecule has 1 aliphatic rings. The minimum atomic E-state index is -0.974. The lowest BCUT2D eigenvalue weighted by Crippen LogP contribution is -2.46. The van der Waals surface area contributed by atoms with Gasteiger partial charge in [0.2, 0.25) is 0 Å². The average Bonchev–Trinajstić information content (AvgIpc) is 2.76. The van der Waals surface area contributed by atoms with E-state index in [4.69, 9.17) is 5.11 Å². The second-order valence-electron chi connectivity index (χ2n) is 7.54. The van der Waals surface area contributed by atoms with Gasteiger partial charge in [0.15, 0.2) is 0 Å². The Morgan fingerprint density at radius 1 is 1.23 bits per heavy atom. The molecule has 0 aliphatic carbocycles. The predicted molar refractivity (Wildman–Crippen MR) is 118 cm³/mol. The molecule has 3 aromatic rings. The highest BCUT2D eigenvalue weighted by Crippen LogP contribution is 2.20. The van der Waals surface area contributed by atoms with Crippen LogP contribution in [-0.4, -0.2) is 57.1 Å². The van der Waals surface area contributed by atoms with Crippen LogP contribution in [0, 0.1) is 18.8 Å². The highest BCUT2D eigenvalue weighted by molar-refractivity contribution is 5.87. The molecule has 8 heteroatoms. The highest BCUT2D eigenvalue weighted by atomic mass is 16.4. The van der Waals surface area contributed by atoms with E-state index >= 15 is 0 Å². The summed E-state index contributed by atoms with van der Waals surface area (Å²) < 4.78 is 0. The molecule has 31 heavy (non-hydrogen) atoms. The molecule has 0 unspecified atom stereocenters. The number of H-pyrrole nitrogens is 1. The Labute approximate surface area is 179 Å². The van der Waals surface area contributed by atoms with E-state index in [2.05, 4.69) is 36.6 Å². The zero-order valence-electron chi connectivity index (χ0n) is 17.5. The van der Waals surface area contributed by atoms with Gasteiger partial charge < -0.3 is 15.0 Å². The number of hydrogen-bond acceptors (Lipinski definition) is 6. The number of rotatable bonds is 4. The number of anilines is 1. The lowest BCUT2D eigenvalue weighted by atomic mass is 10.1. The van der Waals surface area contributed by atoms with Crippen molar-refractivity contribution in [3.8, 4) is 11.8 Å². The van der Waals surface area contributed by atoms with Gasteiger partial charge in [0.1, 0.15) is 17.0 Å². The molecule has 2 N–H and O–H groups in total. The molecule has 2 aromatic heterocycles. The van der Waals surface area contributed by atoms with E-state index in [-0.39, 0.29) is 11.1 Å². The van der Waals surface area contributed by atoms with Gasteiger partial charge in [-0.25, -0.2) is 14.8 Å². The van der Waals surface area contributed by atoms with Crippen LogP contribution >= 0.6 is 0 Å². The first-order valence-corrected chi connectivity index (χ1v) is 10.1. The van der Waals surface area contributed by atoms with Crippen LogP contribution in [0.2, 0.25) is 0 Å². The van der Waals surface area contributed by atoms with Crippen molar-refractivity contribution in [3.05, 3.63) is 63.2 Å². The van der Waals surface area contributed by atoms with Crippen LogP contribution in [0.25, 0.3) is 11.0 Å². The molecule has 0 radical (unpaired) electrons. The molecule has 0 spiro atoms. The number of aryl methyl sites for hydroxylation is 1. The Hall–Kier alpha value is -3.70. The molecule has 0 bridgehead atoms. The van der Waals surface area contributed by atoms with Gasteiger partial charge in [-0.15, -0.1) is 5.92 Å². The Kier molecular flexibility index (Phi) is 5.69. The van der Waals surface area contributed by atoms with Gasteiger partial charge in [0.25, 0.3) is 5.56 Å². The van der Waals surface area contributed by atoms with E-state index < -0.39 is 5.97 Å². The van der Waals surface area contributed by atoms with Crippen molar-refractivity contribution in [3.63, 3.8) is 0 Å². The van der Waals surface area contributed by atoms with Crippen LogP contribution in [-0.2, 0) is 6.54 Å². The number of benzene rings is 1. The number of fused-ring (bicyclic) bond motifs is 1. The first-order valence-electron chi connectivity index (χ1n) is 10.1. The van der Waals surface area contributed by atoms with Crippen LogP contribution < -0.4 is 10.5 Å². The summed E-state index contributed by atoms with van der Waals surface area (Å²) in [5.41, 5.74) is 3.74. The second kappa shape index (κ2) is 8.58. The maximum atomic E-state index is 12.0. The van der Waals surface area contributed by atoms with Crippen LogP contribution in [0.3, 0.4) is 0 Å². The third-order valence-corrected chi connectivity index (χ3v) is 5.38. The number of carboxylic acid groups (broad SMARTS) is 1. The summed E-state index contributed by atoms with van der Waals surface area (Å²) in [6.07, 6.45) is 1.39. The number of aromatic amines is 1. The number of nitrogens with one attached hydrogen (secondary N) is 1. The SMILES string of the molecule is CC#Cc1cc(CN2CCN(c3ccc(C(=O)O)cn3)CC2)cc2[nH]c(=O)c(C)nc12. The zero-order chi connectivity index (χ0) is 22.0. The zero-order valence-corrected chi connectivity index (χ0v) is 17.5. The van der Waals surface area contributed by atoms with Crippen LogP contribution in [0.4, 0.5) is 5.82 Å². The van der Waals surface area contributed by atoms with Gasteiger partial charge >= 0.3 is 5.97 Å². The Morgan fingerprint density at radius 3 is 2.65 bits per heavy atom. The molecule has 3 heterocycles. The molecule has 1 aromatic carbocycles. The number of aromatic carboxylic acids is 1. The van der Waals surface area contributed by atoms with Gasteiger partial charge in [0, 0.05) is 38.9 Å². The van der Waals surface area contributed by atoms with Crippen molar-refractivity contribution >= 4 is 22.8 Å². The molecular formula is C23H23N5O3. The Balaban J connectivity index is 1.49. The summed E-state index contributed by atoms with van der Waals surface area (Å²) in [5, 5.41) is 9.02. The first kappa shape index (κ1) is 20.6. The lowest BCUT2D eigenvalue weighted by molar-refractivity contribution is 0.0696. The lowest BCUT2D eigenvalue weighted by Gasteiger charge is -2.35. The maximum Gasteiger partial charge on any atom is 0.337 e. The number of carbonyl (C=O) groups is 1. The minimum Gasteiger partial charge on any atom is -0.478 e. The summed E-state index contributed by atoms with van der Waals surface area (Å²) in [5.74, 6) is 5.85. The summed E-state index contributed by atoms with van der Waals surface area (Å²) in [6.45, 7) is 7.50. The van der Waals surface area contributed by atoms with Crippen LogP contribution in [0.15, 0.2) is 35.3 Å². The summed E-state index contributed by atoms with van der Waals surface area (Å²) in [4.78, 5) is 39.1. The maximum absolute atomic E-state index is 12.0. The fourth-order valence-electron chi connectivity index (χ4n) is 3.76. The number of piperazine rings is 1. The standard InChI is InChI=1S/C23H23N5O3/c1-3-4-17-11-16(12-19-21(17)25-15(2)22(29)26-19)14-27-7-9-28(10-8-27)20-6-5-18(13-24-20)23(30)31/h5-6,11-13H,7-10,14H2,1-2H3,(H,26,29)(H,30,31). The van der Waals surface area contributed by atoms with Gasteiger partial charge in [-0.2, -0.15) is 0 Å². The van der Waals surface area contributed by atoms with E-state index in [0.717, 1.165) is 55.2 Å². The van der Waals surface area contributed by atoms with Gasteiger partial charge in [0.05, 0.1) is 16.6 Å². The largest absolute Gasteiger partial charge is 0.478 e. The number of hydrogen-bond donors (Lipinski definition) is 2. The molecule has 1 saturated heterocycles. The van der Waals surface area contributed by atoms with Crippen molar-refractivity contribution in [1.29, 1.82) is 0 Å². The third kappa shape index (κ3) is 4.42. The summed E-state index contributed by atoms with van der Waals surface area (Å²) >= 11 is 0. The fourth-order valence-corrected chi connectivity index (χ4v) is 3.76. The quantitative estimate of drug-likeness (QED) is 0.626. The fraction of sp³-hybridized carbons (Fsp3) is 0.304. The van der Waals surface area contributed by atoms with Crippen molar-refractivity contribution in [2.24, 2.45) is 0 Å². The van der Waals surface area contributed by atoms with Crippen molar-refractivity contribution < 1.29 is 9.90 Å². The topological polar surface area (TPSA) is 102 Å². The molecule has 1 fully saturated rings. The van der Waals surface area contributed by atoms with E-state index in [1.807, 2.05) is 12.1 Å². The predicted octanol–water partition coefficient (Wildman–Crippen LogP) is 2.02. The Morgan fingerprint density at radius 2 is 2.00 bits per heavy atom. The van der Waals surface area contributed by atoms with Crippen LogP contribution in [0.1, 0.15) is 34.1 Å². The molecule has 0 atom stereocenters. The molecule has 158 valence electrons. The van der Waals surface area contributed by atoms with E-state index in [0.29, 0.717) is 11.2 Å². The van der Waals surface area contributed by atoms with Crippen molar-refractivity contribution in [2.45, 2.75) is 20.4 Å². The number of nitrogens with zero attached hydrogens (tertiary/aromatic N) is 4. The third-order valence-electron chi connectivity index (χ3n) is 5.38. The highest BCUT2D eigenvalue weighted by Gasteiger charge is 2.19. The monoisotopic (exact) mass is 417 g/mol. The van der Waals surface area contributed by atoms with Crippen molar-refractivity contribution in [2.75, 3.05) is 31.1 Å². The normalized spacial score (nSPS) is 14.3. The average molecular weight is 417 g/mol. The number of aromatic nitrogens is 3. The summed E-state index contributed by atoms with van der Waals surface area (Å²) in [7, 11) is 0. The van der Waals surface area contributed by atoms with Crippen molar-refractivity contribution in [1.82, 2.24) is 19.9 Å². The first-order chi connectivity index (χ1) is 14.9. The van der Waals surface area contributed by atoms with Crippen LogP contribution in [0.5, 0.6) is 0 Å². The van der Waals surface area contributed by atoms with Gasteiger partial charge in [-0.3, -0.25) is 9.69 Å². The smallest absolute Gasteiger partial charge is 0.337 e. The van der Waals surface area contributed by atoms with Gasteiger partial charge in [-0.1, -0.05) is 5.92 Å². The molecule has 0 saturated carbocycles. The Bertz CT molecular complexity index is 1250. The van der Waals surface area contributed by atoms with E-state index in [9.17, 15) is 9.59 Å². The molecular weight excluding hydrogens is 394 g/mol. The minimum absolute atomic E-state index is 0.185.